The lowest BCUT2D eigenvalue weighted by Crippen LogP contribution is -2.36. The lowest BCUT2D eigenvalue weighted by molar-refractivity contribution is 0.293. The molecule has 0 bridgehead atoms. The van der Waals surface area contributed by atoms with Crippen LogP contribution in [0.3, 0.4) is 0 Å². The first-order valence-corrected chi connectivity index (χ1v) is 9.35. The lowest BCUT2D eigenvalue weighted by atomic mass is 10.2. The fourth-order valence-corrected chi connectivity index (χ4v) is 3.02. The molecule has 0 radical (unpaired) electrons. The summed E-state index contributed by atoms with van der Waals surface area (Å²) >= 11 is 1.69. The Bertz CT molecular complexity index is 819. The van der Waals surface area contributed by atoms with Gasteiger partial charge in [0.15, 0.2) is 5.96 Å². The van der Waals surface area contributed by atoms with Crippen LogP contribution in [0.2, 0.25) is 0 Å². The number of rotatable bonds is 7. The molecule has 5 nitrogen and oxygen atoms in total. The lowest BCUT2D eigenvalue weighted by Gasteiger charge is -2.12. The van der Waals surface area contributed by atoms with Crippen LogP contribution in [0.25, 0.3) is 0 Å². The van der Waals surface area contributed by atoms with Crippen LogP contribution in [0.15, 0.2) is 70.5 Å². The molecular formula is C20H22N4OS. The summed E-state index contributed by atoms with van der Waals surface area (Å²) < 4.78 is 5.78. The zero-order valence-electron chi connectivity index (χ0n) is 14.7. The number of pyridine rings is 1. The highest BCUT2D eigenvalue weighted by molar-refractivity contribution is 7.07. The molecule has 2 N–H and O–H groups in total. The molecule has 1 aromatic carbocycles. The Morgan fingerprint density at radius 3 is 2.58 bits per heavy atom. The minimum atomic E-state index is 0.509. The topological polar surface area (TPSA) is 58.5 Å². The molecule has 134 valence electrons. The second-order valence-corrected chi connectivity index (χ2v) is 6.47. The summed E-state index contributed by atoms with van der Waals surface area (Å²) in [5, 5.41) is 10.8. The van der Waals surface area contributed by atoms with Crippen molar-refractivity contribution < 1.29 is 4.74 Å². The summed E-state index contributed by atoms with van der Waals surface area (Å²) in [6.07, 6.45) is 1.76. The highest BCUT2D eigenvalue weighted by atomic mass is 32.1. The molecule has 0 saturated carbocycles. The Morgan fingerprint density at radius 1 is 1.04 bits per heavy atom. The van der Waals surface area contributed by atoms with Gasteiger partial charge in [-0.1, -0.05) is 30.3 Å². The van der Waals surface area contributed by atoms with Gasteiger partial charge >= 0.3 is 0 Å². The van der Waals surface area contributed by atoms with Crippen LogP contribution in [-0.4, -0.2) is 18.0 Å². The van der Waals surface area contributed by atoms with Crippen molar-refractivity contribution in [3.05, 3.63) is 82.2 Å². The van der Waals surface area contributed by atoms with Crippen LogP contribution in [-0.2, 0) is 19.7 Å². The SMILES string of the molecule is CN=C(NCc1ccsc1)NCc1ccnc(OCc2ccccc2)c1. The number of nitrogens with one attached hydrogen (secondary N) is 2. The molecule has 3 aromatic rings. The van der Waals surface area contributed by atoms with E-state index in [0.29, 0.717) is 19.0 Å². The van der Waals surface area contributed by atoms with Crippen LogP contribution in [0, 0.1) is 0 Å². The van der Waals surface area contributed by atoms with Gasteiger partial charge in [-0.05, 0) is 39.6 Å². The van der Waals surface area contributed by atoms with E-state index in [4.69, 9.17) is 4.74 Å². The van der Waals surface area contributed by atoms with E-state index in [2.05, 4.69) is 37.4 Å². The molecular weight excluding hydrogens is 344 g/mol. The van der Waals surface area contributed by atoms with E-state index >= 15 is 0 Å². The normalized spacial score (nSPS) is 11.2. The molecule has 3 rings (SSSR count). The van der Waals surface area contributed by atoms with E-state index in [0.717, 1.165) is 23.6 Å². The summed E-state index contributed by atoms with van der Waals surface area (Å²) in [5.74, 6) is 1.38. The first-order chi connectivity index (χ1) is 12.8. The van der Waals surface area contributed by atoms with Crippen molar-refractivity contribution >= 4 is 17.3 Å². The first-order valence-electron chi connectivity index (χ1n) is 8.41. The highest BCUT2D eigenvalue weighted by Gasteiger charge is 2.02. The van der Waals surface area contributed by atoms with Gasteiger partial charge in [0.1, 0.15) is 6.61 Å². The van der Waals surface area contributed by atoms with Crippen LogP contribution >= 0.6 is 11.3 Å². The Morgan fingerprint density at radius 2 is 1.85 bits per heavy atom. The maximum absolute atomic E-state index is 5.78. The van der Waals surface area contributed by atoms with Crippen molar-refractivity contribution in [2.45, 2.75) is 19.7 Å². The number of aliphatic imine (C=N–C) groups is 1. The molecule has 0 saturated heterocycles. The maximum atomic E-state index is 5.78. The second-order valence-electron chi connectivity index (χ2n) is 5.69. The molecule has 0 amide bonds. The van der Waals surface area contributed by atoms with E-state index in [9.17, 15) is 0 Å². The van der Waals surface area contributed by atoms with Gasteiger partial charge in [0.2, 0.25) is 5.88 Å². The number of thiophene rings is 1. The standard InChI is InChI=1S/C20H22N4OS/c1-21-20(24-13-18-8-10-26-15-18)23-12-17-7-9-22-19(11-17)25-14-16-5-3-2-4-6-16/h2-11,15H,12-14H2,1H3,(H2,21,23,24). The molecule has 0 atom stereocenters. The van der Waals surface area contributed by atoms with E-state index in [-0.39, 0.29) is 0 Å². The number of ether oxygens (including phenoxy) is 1. The number of aromatic nitrogens is 1. The fourth-order valence-electron chi connectivity index (χ4n) is 2.36. The number of benzene rings is 1. The van der Waals surface area contributed by atoms with E-state index in [1.165, 1.54) is 5.56 Å². The van der Waals surface area contributed by atoms with Crippen LogP contribution in [0.1, 0.15) is 16.7 Å². The highest BCUT2D eigenvalue weighted by Crippen LogP contribution is 2.12. The van der Waals surface area contributed by atoms with Gasteiger partial charge in [-0.2, -0.15) is 11.3 Å². The molecule has 0 aliphatic rings. The third-order valence-electron chi connectivity index (χ3n) is 3.75. The molecule has 0 unspecified atom stereocenters. The average molecular weight is 366 g/mol. The molecule has 0 spiro atoms. The van der Waals surface area contributed by atoms with Crippen molar-refractivity contribution in [3.63, 3.8) is 0 Å². The van der Waals surface area contributed by atoms with Gasteiger partial charge in [0.05, 0.1) is 0 Å². The van der Waals surface area contributed by atoms with Crippen LogP contribution in [0.4, 0.5) is 0 Å². The molecule has 26 heavy (non-hydrogen) atoms. The molecule has 0 aliphatic carbocycles. The zero-order valence-corrected chi connectivity index (χ0v) is 15.5. The van der Waals surface area contributed by atoms with Crippen molar-refractivity contribution in [2.24, 2.45) is 4.99 Å². The monoisotopic (exact) mass is 366 g/mol. The van der Waals surface area contributed by atoms with Gasteiger partial charge in [0.25, 0.3) is 0 Å². The van der Waals surface area contributed by atoms with Crippen molar-refractivity contribution in [1.29, 1.82) is 0 Å². The number of guanidine groups is 1. The second kappa shape index (κ2) is 9.58. The third kappa shape index (κ3) is 5.60. The average Bonchev–Trinajstić information content (AvgIpc) is 3.21. The van der Waals surface area contributed by atoms with E-state index in [1.807, 2.05) is 42.5 Å². The fraction of sp³-hybridized carbons (Fsp3) is 0.200. The van der Waals surface area contributed by atoms with Gasteiger partial charge in [0, 0.05) is 32.4 Å². The number of hydrogen-bond acceptors (Lipinski definition) is 4. The van der Waals surface area contributed by atoms with Gasteiger partial charge < -0.3 is 15.4 Å². The maximum Gasteiger partial charge on any atom is 0.213 e. The Labute approximate surface area is 157 Å². The Hall–Kier alpha value is -2.86. The van der Waals surface area contributed by atoms with Crippen LogP contribution in [0.5, 0.6) is 5.88 Å². The van der Waals surface area contributed by atoms with Crippen molar-refractivity contribution in [1.82, 2.24) is 15.6 Å². The van der Waals surface area contributed by atoms with Crippen molar-refractivity contribution in [2.75, 3.05) is 7.05 Å². The van der Waals surface area contributed by atoms with Gasteiger partial charge in [-0.3, -0.25) is 4.99 Å². The number of nitrogens with zero attached hydrogens (tertiary/aromatic N) is 2. The minimum Gasteiger partial charge on any atom is -0.473 e. The summed E-state index contributed by atoms with van der Waals surface area (Å²) in [4.78, 5) is 8.53. The van der Waals surface area contributed by atoms with Crippen LogP contribution < -0.4 is 15.4 Å². The molecule has 0 aliphatic heterocycles. The van der Waals surface area contributed by atoms with Gasteiger partial charge in [-0.25, -0.2) is 4.98 Å². The third-order valence-corrected chi connectivity index (χ3v) is 4.48. The quantitative estimate of drug-likeness (QED) is 0.496. The molecule has 0 fully saturated rings. The summed E-state index contributed by atoms with van der Waals surface area (Å²) in [6, 6.07) is 16.1. The number of hydrogen-bond donors (Lipinski definition) is 2. The smallest absolute Gasteiger partial charge is 0.213 e. The molecule has 2 aromatic heterocycles. The van der Waals surface area contributed by atoms with E-state index < -0.39 is 0 Å². The predicted molar refractivity (Wildman–Crippen MR) is 106 cm³/mol. The summed E-state index contributed by atoms with van der Waals surface area (Å²) in [6.45, 7) is 1.91. The van der Waals surface area contributed by atoms with E-state index in [1.54, 1.807) is 24.6 Å². The largest absolute Gasteiger partial charge is 0.473 e. The van der Waals surface area contributed by atoms with Crippen molar-refractivity contribution in [3.8, 4) is 5.88 Å². The summed E-state index contributed by atoms with van der Waals surface area (Å²) in [7, 11) is 1.77. The Kier molecular flexibility index (Phi) is 6.61. The Balaban J connectivity index is 1.49. The molecule has 6 heteroatoms. The first kappa shape index (κ1) is 17.9. The van der Waals surface area contributed by atoms with Gasteiger partial charge in [-0.15, -0.1) is 0 Å². The zero-order chi connectivity index (χ0) is 18.0. The predicted octanol–water partition coefficient (Wildman–Crippen LogP) is 3.59. The molecule has 2 heterocycles. The minimum absolute atomic E-state index is 0.509. The summed E-state index contributed by atoms with van der Waals surface area (Å²) in [5.41, 5.74) is 3.45.